The quantitative estimate of drug-likeness (QED) is 0.848. The van der Waals surface area contributed by atoms with E-state index in [9.17, 15) is 14.0 Å². The molecule has 0 atom stereocenters. The number of hydrogen-bond donors (Lipinski definition) is 2. The minimum Gasteiger partial charge on any atom is -0.345 e. The Morgan fingerprint density at radius 1 is 1.09 bits per heavy atom. The normalized spacial score (nSPS) is 10.1. The molecule has 2 N–H and O–H groups in total. The summed E-state index contributed by atoms with van der Waals surface area (Å²) in [5.74, 6) is -0.723. The van der Waals surface area contributed by atoms with Gasteiger partial charge in [-0.1, -0.05) is 22.0 Å². The molecule has 120 valence electrons. The van der Waals surface area contributed by atoms with Crippen molar-refractivity contribution in [3.05, 3.63) is 58.3 Å². The maximum atomic E-state index is 13.7. The van der Waals surface area contributed by atoms with E-state index in [0.29, 0.717) is 15.7 Å². The lowest BCUT2D eigenvalue weighted by Crippen LogP contribution is -2.23. The fraction of sp³-hybridized carbons (Fsp3) is 0.125. The summed E-state index contributed by atoms with van der Waals surface area (Å²) >= 11 is 3.15. The molecule has 0 aliphatic carbocycles. The smallest absolute Gasteiger partial charge is 0.323 e. The van der Waals surface area contributed by atoms with E-state index in [2.05, 4.69) is 26.6 Å². The van der Waals surface area contributed by atoms with Crippen molar-refractivity contribution in [2.24, 2.45) is 0 Å². The molecule has 0 saturated carbocycles. The largest absolute Gasteiger partial charge is 0.345 e. The average Bonchev–Trinajstić information content (AvgIpc) is 2.49. The summed E-state index contributed by atoms with van der Waals surface area (Å²) in [7, 11) is 3.29. The van der Waals surface area contributed by atoms with E-state index in [1.807, 2.05) is 0 Å². The number of hydrogen-bond acceptors (Lipinski definition) is 2. The highest BCUT2D eigenvalue weighted by molar-refractivity contribution is 9.10. The zero-order chi connectivity index (χ0) is 17.0. The number of nitrogens with one attached hydrogen (secondary N) is 2. The molecule has 0 aromatic heterocycles. The van der Waals surface area contributed by atoms with Crippen molar-refractivity contribution in [1.82, 2.24) is 4.90 Å². The van der Waals surface area contributed by atoms with E-state index in [-0.39, 0.29) is 11.6 Å². The average molecular weight is 380 g/mol. The first-order chi connectivity index (χ1) is 10.9. The molecule has 0 fully saturated rings. The predicted molar refractivity (Wildman–Crippen MR) is 91.2 cm³/mol. The van der Waals surface area contributed by atoms with Crippen molar-refractivity contribution in [3.63, 3.8) is 0 Å². The van der Waals surface area contributed by atoms with Crippen LogP contribution in [0.1, 0.15) is 10.4 Å². The van der Waals surface area contributed by atoms with Gasteiger partial charge < -0.3 is 15.5 Å². The van der Waals surface area contributed by atoms with Crippen LogP contribution in [0, 0.1) is 5.82 Å². The van der Waals surface area contributed by atoms with Crippen molar-refractivity contribution in [1.29, 1.82) is 0 Å². The van der Waals surface area contributed by atoms with Gasteiger partial charge in [0.1, 0.15) is 5.82 Å². The number of halogens is 2. The molecule has 23 heavy (non-hydrogen) atoms. The van der Waals surface area contributed by atoms with Gasteiger partial charge in [-0.25, -0.2) is 9.18 Å². The molecule has 2 aromatic carbocycles. The summed E-state index contributed by atoms with van der Waals surface area (Å²) in [4.78, 5) is 25.3. The number of carbonyl (C=O) groups excluding carboxylic acids is 2. The third-order valence-electron chi connectivity index (χ3n) is 2.95. The monoisotopic (exact) mass is 379 g/mol. The Morgan fingerprint density at radius 3 is 2.48 bits per heavy atom. The molecular formula is C16H15BrFN3O2. The van der Waals surface area contributed by atoms with Crippen LogP contribution in [0.15, 0.2) is 46.9 Å². The minimum absolute atomic E-state index is 0.0613. The van der Waals surface area contributed by atoms with Crippen LogP contribution in [0.3, 0.4) is 0 Å². The highest BCUT2D eigenvalue weighted by Gasteiger charge is 2.11. The summed E-state index contributed by atoms with van der Waals surface area (Å²) in [6.45, 7) is 0. The number of anilines is 2. The maximum Gasteiger partial charge on any atom is 0.323 e. The molecule has 0 spiro atoms. The van der Waals surface area contributed by atoms with Crippen LogP contribution in [0.25, 0.3) is 0 Å². The van der Waals surface area contributed by atoms with Gasteiger partial charge in [0.15, 0.2) is 0 Å². The van der Waals surface area contributed by atoms with Gasteiger partial charge in [-0.05, 0) is 36.4 Å². The molecular weight excluding hydrogens is 365 g/mol. The third kappa shape index (κ3) is 4.53. The second-order valence-electron chi connectivity index (χ2n) is 4.98. The first kappa shape index (κ1) is 17.0. The summed E-state index contributed by atoms with van der Waals surface area (Å²) in [5.41, 5.74) is 0.946. The molecule has 0 bridgehead atoms. The molecule has 2 rings (SSSR count). The fourth-order valence-electron chi connectivity index (χ4n) is 1.86. The molecule has 2 aromatic rings. The Hall–Kier alpha value is -2.41. The van der Waals surface area contributed by atoms with Gasteiger partial charge in [0.05, 0.1) is 5.69 Å². The van der Waals surface area contributed by atoms with Gasteiger partial charge >= 0.3 is 6.03 Å². The summed E-state index contributed by atoms with van der Waals surface area (Å²) in [6.07, 6.45) is 0. The van der Waals surface area contributed by atoms with Crippen molar-refractivity contribution < 1.29 is 14.0 Å². The van der Waals surface area contributed by atoms with Crippen molar-refractivity contribution >= 4 is 39.2 Å². The molecule has 0 aliphatic rings. The lowest BCUT2D eigenvalue weighted by molar-refractivity contribution is 0.0827. The van der Waals surface area contributed by atoms with Gasteiger partial charge in [0, 0.05) is 29.8 Å². The molecule has 3 amide bonds. The number of rotatable bonds is 3. The highest BCUT2D eigenvalue weighted by atomic mass is 79.9. The van der Waals surface area contributed by atoms with Crippen LogP contribution < -0.4 is 10.6 Å². The van der Waals surface area contributed by atoms with Gasteiger partial charge in [-0.3, -0.25) is 4.79 Å². The highest BCUT2D eigenvalue weighted by Crippen LogP contribution is 2.20. The van der Waals surface area contributed by atoms with Crippen LogP contribution in [0.5, 0.6) is 0 Å². The SMILES string of the molecule is CN(C)C(=O)c1cccc(NC(=O)Nc2ccc(Br)cc2F)c1. The zero-order valence-electron chi connectivity index (χ0n) is 12.6. The van der Waals surface area contributed by atoms with E-state index < -0.39 is 11.8 Å². The summed E-state index contributed by atoms with van der Waals surface area (Å²) in [6, 6.07) is 10.2. The summed E-state index contributed by atoms with van der Waals surface area (Å²) < 4.78 is 14.3. The number of nitrogens with zero attached hydrogens (tertiary/aromatic N) is 1. The molecule has 5 nitrogen and oxygen atoms in total. The molecule has 0 unspecified atom stereocenters. The van der Waals surface area contributed by atoms with E-state index in [4.69, 9.17) is 0 Å². The molecule has 0 saturated heterocycles. The zero-order valence-corrected chi connectivity index (χ0v) is 14.1. The fourth-order valence-corrected chi connectivity index (χ4v) is 2.20. The van der Waals surface area contributed by atoms with E-state index >= 15 is 0 Å². The lowest BCUT2D eigenvalue weighted by atomic mass is 10.2. The second-order valence-corrected chi connectivity index (χ2v) is 5.90. The van der Waals surface area contributed by atoms with Crippen LogP contribution in [-0.4, -0.2) is 30.9 Å². The van der Waals surface area contributed by atoms with Crippen molar-refractivity contribution in [2.75, 3.05) is 24.7 Å². The topological polar surface area (TPSA) is 61.4 Å². The van der Waals surface area contributed by atoms with Crippen LogP contribution in [0.4, 0.5) is 20.6 Å². The van der Waals surface area contributed by atoms with Crippen molar-refractivity contribution in [3.8, 4) is 0 Å². The van der Waals surface area contributed by atoms with Crippen LogP contribution in [0.2, 0.25) is 0 Å². The Bertz CT molecular complexity index is 750. The number of amides is 3. The summed E-state index contributed by atoms with van der Waals surface area (Å²) in [5, 5.41) is 4.98. The second kappa shape index (κ2) is 7.23. The third-order valence-corrected chi connectivity index (χ3v) is 3.45. The Morgan fingerprint density at radius 2 is 1.83 bits per heavy atom. The Labute approximate surface area is 141 Å². The van der Waals surface area contributed by atoms with Crippen LogP contribution >= 0.6 is 15.9 Å². The van der Waals surface area contributed by atoms with Gasteiger partial charge in [-0.15, -0.1) is 0 Å². The van der Waals surface area contributed by atoms with E-state index in [1.165, 1.54) is 17.0 Å². The van der Waals surface area contributed by atoms with E-state index in [1.54, 1.807) is 44.4 Å². The first-order valence-electron chi connectivity index (χ1n) is 6.71. The Balaban J connectivity index is 2.08. The molecule has 7 heteroatoms. The number of urea groups is 1. The predicted octanol–water partition coefficient (Wildman–Crippen LogP) is 3.93. The minimum atomic E-state index is -0.597. The molecule has 0 radical (unpaired) electrons. The number of benzene rings is 2. The van der Waals surface area contributed by atoms with Crippen molar-refractivity contribution in [2.45, 2.75) is 0 Å². The van der Waals surface area contributed by atoms with E-state index in [0.717, 1.165) is 0 Å². The van der Waals surface area contributed by atoms with Crippen LogP contribution in [-0.2, 0) is 0 Å². The Kier molecular flexibility index (Phi) is 5.33. The molecule has 0 aliphatic heterocycles. The molecule has 0 heterocycles. The standard InChI is InChI=1S/C16H15BrFN3O2/c1-21(2)15(22)10-4-3-5-12(8-10)19-16(23)20-14-7-6-11(17)9-13(14)18/h3-9H,1-2H3,(H2,19,20,23). The maximum absolute atomic E-state index is 13.7. The number of carbonyl (C=O) groups is 2. The first-order valence-corrected chi connectivity index (χ1v) is 7.51. The van der Waals surface area contributed by atoms with Gasteiger partial charge in [0.2, 0.25) is 0 Å². The van der Waals surface area contributed by atoms with Gasteiger partial charge in [-0.2, -0.15) is 0 Å². The van der Waals surface area contributed by atoms with Gasteiger partial charge in [0.25, 0.3) is 5.91 Å². The lowest BCUT2D eigenvalue weighted by Gasteiger charge is -2.12.